The van der Waals surface area contributed by atoms with Gasteiger partial charge in [-0.05, 0) is 5.56 Å². The predicted octanol–water partition coefficient (Wildman–Crippen LogP) is -3.00. The molecule has 0 saturated heterocycles. The van der Waals surface area contributed by atoms with Crippen molar-refractivity contribution in [3.05, 3.63) is 35.9 Å². The standard InChI is InChI=1S/C7H8O6S2.K/c8-14(9,13-15(10,11)12)6-7-4-2-1-3-5-7;/h1-5H,6H2,(H,10,11,12);/q;+1/p-1. The Hall–Kier alpha value is 0.676. The van der Waals surface area contributed by atoms with Crippen LogP contribution >= 0.6 is 0 Å². The van der Waals surface area contributed by atoms with E-state index in [0.717, 1.165) is 0 Å². The minimum atomic E-state index is -5.24. The van der Waals surface area contributed by atoms with E-state index in [9.17, 15) is 21.4 Å². The predicted molar refractivity (Wildman–Crippen MR) is 49.8 cm³/mol. The van der Waals surface area contributed by atoms with Gasteiger partial charge in [0.1, 0.15) is 5.75 Å². The molecule has 0 fully saturated rings. The van der Waals surface area contributed by atoms with E-state index in [1.807, 2.05) is 0 Å². The van der Waals surface area contributed by atoms with E-state index < -0.39 is 26.3 Å². The first-order valence-electron chi connectivity index (χ1n) is 3.72. The summed E-state index contributed by atoms with van der Waals surface area (Å²) in [5, 5.41) is 0. The molecule has 1 aromatic carbocycles. The Balaban J connectivity index is 0.00000225. The SMILES string of the molecule is O=S(=O)([O-])OS(=O)(=O)Cc1ccccc1.[K+]. The molecule has 16 heavy (non-hydrogen) atoms. The number of rotatable bonds is 4. The maximum Gasteiger partial charge on any atom is 1.00 e. The molecular weight excluding hydrogens is 283 g/mol. The van der Waals surface area contributed by atoms with Gasteiger partial charge in [-0.3, -0.25) is 0 Å². The monoisotopic (exact) mass is 290 g/mol. The fraction of sp³-hybridized carbons (Fsp3) is 0.143. The van der Waals surface area contributed by atoms with Gasteiger partial charge >= 0.3 is 51.4 Å². The van der Waals surface area contributed by atoms with Gasteiger partial charge in [0.25, 0.3) is 10.1 Å². The molecule has 0 aromatic heterocycles. The van der Waals surface area contributed by atoms with Gasteiger partial charge in [0.05, 0.1) is 0 Å². The molecule has 0 N–H and O–H groups in total. The van der Waals surface area contributed by atoms with Gasteiger partial charge in [-0.25, -0.2) is 8.42 Å². The summed E-state index contributed by atoms with van der Waals surface area (Å²) in [7, 11) is -9.63. The maximum atomic E-state index is 11.0. The van der Waals surface area contributed by atoms with Crippen LogP contribution in [0.5, 0.6) is 0 Å². The van der Waals surface area contributed by atoms with Crippen LogP contribution in [0.2, 0.25) is 0 Å². The van der Waals surface area contributed by atoms with Crippen molar-refractivity contribution in [3.63, 3.8) is 0 Å². The molecule has 0 aliphatic carbocycles. The molecule has 0 heterocycles. The van der Waals surface area contributed by atoms with Gasteiger partial charge in [-0.2, -0.15) is 12.0 Å². The Morgan fingerprint density at radius 3 is 2.00 bits per heavy atom. The molecule has 0 amide bonds. The summed E-state index contributed by atoms with van der Waals surface area (Å²) in [6.07, 6.45) is 0. The van der Waals surface area contributed by atoms with Gasteiger partial charge in [0.2, 0.25) is 10.4 Å². The van der Waals surface area contributed by atoms with Gasteiger partial charge < -0.3 is 4.55 Å². The van der Waals surface area contributed by atoms with E-state index in [2.05, 4.69) is 3.63 Å². The van der Waals surface area contributed by atoms with Crippen molar-refractivity contribution in [2.24, 2.45) is 0 Å². The van der Waals surface area contributed by atoms with Crippen molar-refractivity contribution in [1.29, 1.82) is 0 Å². The van der Waals surface area contributed by atoms with Crippen LogP contribution < -0.4 is 51.4 Å². The van der Waals surface area contributed by atoms with Gasteiger partial charge in [0.15, 0.2) is 0 Å². The molecule has 84 valence electrons. The number of benzene rings is 1. The first-order valence-corrected chi connectivity index (χ1v) is 6.63. The Labute approximate surface area is 137 Å². The minimum absolute atomic E-state index is 0. The summed E-state index contributed by atoms with van der Waals surface area (Å²) < 4.78 is 55.7. The summed E-state index contributed by atoms with van der Waals surface area (Å²) in [4.78, 5) is 0. The van der Waals surface area contributed by atoms with Crippen LogP contribution in [-0.2, 0) is 29.9 Å². The van der Waals surface area contributed by atoms with Gasteiger partial charge in [-0.15, -0.1) is 0 Å². The van der Waals surface area contributed by atoms with Crippen molar-refractivity contribution in [2.75, 3.05) is 0 Å². The van der Waals surface area contributed by atoms with Gasteiger partial charge in [-0.1, -0.05) is 30.3 Å². The largest absolute Gasteiger partial charge is 1.00 e. The van der Waals surface area contributed by atoms with Crippen LogP contribution in [0.3, 0.4) is 0 Å². The van der Waals surface area contributed by atoms with Crippen molar-refractivity contribution in [2.45, 2.75) is 5.75 Å². The van der Waals surface area contributed by atoms with E-state index in [1.54, 1.807) is 18.2 Å². The fourth-order valence-corrected chi connectivity index (χ4v) is 2.74. The molecule has 6 nitrogen and oxygen atoms in total. The third-order valence-electron chi connectivity index (χ3n) is 1.37. The van der Waals surface area contributed by atoms with E-state index in [4.69, 9.17) is 0 Å². The summed E-state index contributed by atoms with van der Waals surface area (Å²) >= 11 is 0. The molecule has 0 spiro atoms. The molecule has 0 atom stereocenters. The average molecular weight is 290 g/mol. The third kappa shape index (κ3) is 7.09. The van der Waals surface area contributed by atoms with Crippen LogP contribution in [-0.4, -0.2) is 21.4 Å². The van der Waals surface area contributed by atoms with E-state index in [1.165, 1.54) is 12.1 Å². The van der Waals surface area contributed by atoms with E-state index in [-0.39, 0.29) is 51.4 Å². The van der Waals surface area contributed by atoms with Crippen molar-refractivity contribution >= 4 is 20.5 Å². The molecule has 1 aromatic rings. The first-order chi connectivity index (χ1) is 6.79. The first kappa shape index (κ1) is 16.7. The number of hydrogen-bond donors (Lipinski definition) is 0. The van der Waals surface area contributed by atoms with Crippen LogP contribution in [0.25, 0.3) is 0 Å². The Morgan fingerprint density at radius 2 is 1.56 bits per heavy atom. The average Bonchev–Trinajstić information content (AvgIpc) is 1.99. The summed E-state index contributed by atoms with van der Waals surface area (Å²) in [5.74, 6) is -0.657. The fourth-order valence-electron chi connectivity index (χ4n) is 0.929. The zero-order valence-corrected chi connectivity index (χ0v) is 13.1. The normalized spacial score (nSPS) is 11.8. The third-order valence-corrected chi connectivity index (χ3v) is 3.56. The molecule has 0 aliphatic heterocycles. The Kier molecular flexibility index (Phi) is 6.84. The summed E-state index contributed by atoms with van der Waals surface area (Å²) in [6, 6.07) is 7.77. The summed E-state index contributed by atoms with van der Waals surface area (Å²) in [5.41, 5.74) is 0.334. The molecular formula is C7H7KO6S2. The van der Waals surface area contributed by atoms with Crippen LogP contribution in [0.15, 0.2) is 30.3 Å². The minimum Gasteiger partial charge on any atom is -0.725 e. The molecule has 0 bridgehead atoms. The molecule has 9 heteroatoms. The van der Waals surface area contributed by atoms with Crippen LogP contribution in [0.4, 0.5) is 0 Å². The number of hydrogen-bond acceptors (Lipinski definition) is 6. The van der Waals surface area contributed by atoms with Crippen LogP contribution in [0, 0.1) is 0 Å². The maximum absolute atomic E-state index is 11.0. The quantitative estimate of drug-likeness (QED) is 0.333. The second-order valence-corrected chi connectivity index (χ2v) is 5.43. The summed E-state index contributed by atoms with van der Waals surface area (Å²) in [6.45, 7) is 0. The van der Waals surface area contributed by atoms with Crippen molar-refractivity contribution < 1.29 is 76.4 Å². The smallest absolute Gasteiger partial charge is 0.725 e. The van der Waals surface area contributed by atoms with E-state index in [0.29, 0.717) is 5.56 Å². The van der Waals surface area contributed by atoms with Crippen molar-refractivity contribution in [1.82, 2.24) is 0 Å². The molecule has 0 saturated carbocycles. The Bertz CT molecular complexity index is 521. The topological polar surface area (TPSA) is 101 Å². The van der Waals surface area contributed by atoms with Crippen LogP contribution in [0.1, 0.15) is 5.56 Å². The molecule has 1 rings (SSSR count). The molecule has 0 aliphatic rings. The molecule has 0 radical (unpaired) electrons. The second kappa shape index (κ2) is 6.57. The van der Waals surface area contributed by atoms with Crippen molar-refractivity contribution in [3.8, 4) is 0 Å². The zero-order chi connectivity index (χ0) is 11.5. The Morgan fingerprint density at radius 1 is 1.06 bits per heavy atom. The molecule has 0 unspecified atom stereocenters. The second-order valence-electron chi connectivity index (χ2n) is 2.66. The van der Waals surface area contributed by atoms with E-state index >= 15 is 0 Å². The van der Waals surface area contributed by atoms with Gasteiger partial charge in [0, 0.05) is 0 Å². The zero-order valence-electron chi connectivity index (χ0n) is 8.36.